The minimum absolute atomic E-state index is 0.0272. The first-order chi connectivity index (χ1) is 12.1. The smallest absolute Gasteiger partial charge is 0.141 e. The van der Waals surface area contributed by atoms with Gasteiger partial charge in [0.25, 0.3) is 0 Å². The van der Waals surface area contributed by atoms with Crippen LogP contribution < -0.4 is 5.32 Å². The highest BCUT2D eigenvalue weighted by Crippen LogP contribution is 2.32. The summed E-state index contributed by atoms with van der Waals surface area (Å²) >= 11 is 3.60. The summed E-state index contributed by atoms with van der Waals surface area (Å²) in [4.78, 5) is 4.76. The van der Waals surface area contributed by atoms with Crippen LogP contribution in [0.1, 0.15) is 31.2 Å². The Hall–Kier alpha value is -1.43. The Labute approximate surface area is 156 Å². The highest BCUT2D eigenvalue weighted by molar-refractivity contribution is 9.10. The highest BCUT2D eigenvalue weighted by atomic mass is 79.9. The van der Waals surface area contributed by atoms with Gasteiger partial charge in [-0.25, -0.2) is 4.98 Å². The van der Waals surface area contributed by atoms with E-state index in [1.165, 1.54) is 12.8 Å². The third kappa shape index (κ3) is 3.89. The van der Waals surface area contributed by atoms with Crippen molar-refractivity contribution in [2.45, 2.75) is 37.9 Å². The maximum Gasteiger partial charge on any atom is 0.141 e. The predicted octanol–water partition coefficient (Wildman–Crippen LogP) is 3.96. The number of fused-ring (bicyclic) bond motifs is 1. The normalized spacial score (nSPS) is 26.6. The molecule has 4 rings (SSSR count). The van der Waals surface area contributed by atoms with Crippen LogP contribution >= 0.6 is 15.9 Å². The largest absolute Gasteiger partial charge is 0.390 e. The van der Waals surface area contributed by atoms with Crippen LogP contribution in [-0.2, 0) is 0 Å². The summed E-state index contributed by atoms with van der Waals surface area (Å²) in [6.45, 7) is 0.985. The van der Waals surface area contributed by atoms with Crippen molar-refractivity contribution >= 4 is 38.7 Å². The van der Waals surface area contributed by atoms with Gasteiger partial charge in [-0.15, -0.1) is 0 Å². The molecule has 3 atom stereocenters. The summed E-state index contributed by atoms with van der Waals surface area (Å²) in [5.41, 5.74) is 2.01. The van der Waals surface area contributed by atoms with E-state index < -0.39 is 12.2 Å². The lowest BCUT2D eigenvalue weighted by Gasteiger charge is -2.12. The van der Waals surface area contributed by atoms with Gasteiger partial charge in [-0.3, -0.25) is 0 Å². The van der Waals surface area contributed by atoms with Gasteiger partial charge < -0.3 is 15.5 Å². The number of hydrogen-bond donors (Lipinski definition) is 3. The number of aliphatic hydroxyl groups excluding tert-OH is 2. The van der Waals surface area contributed by atoms with E-state index in [0.717, 1.165) is 45.6 Å². The predicted molar refractivity (Wildman–Crippen MR) is 104 cm³/mol. The lowest BCUT2D eigenvalue weighted by molar-refractivity contribution is 0.0300. The molecule has 1 aromatic carbocycles. The van der Waals surface area contributed by atoms with Crippen molar-refractivity contribution in [3.8, 4) is 0 Å². The molecule has 0 bridgehead atoms. The number of aliphatic hydroxyl groups is 2. The molecule has 0 aliphatic heterocycles. The maximum absolute atomic E-state index is 9.96. The number of benzene rings is 1. The number of nitrogens with zero attached hydrogens (tertiary/aromatic N) is 1. The molecule has 1 aromatic heterocycles. The fourth-order valence-corrected chi connectivity index (χ4v) is 3.86. The molecule has 3 unspecified atom stereocenters. The molecule has 0 spiro atoms. The van der Waals surface area contributed by atoms with E-state index in [1.54, 1.807) is 0 Å². The first kappa shape index (κ1) is 17.0. The zero-order valence-corrected chi connectivity index (χ0v) is 15.6. The van der Waals surface area contributed by atoms with Crippen molar-refractivity contribution in [3.63, 3.8) is 0 Å². The molecule has 2 aliphatic carbocycles. The van der Waals surface area contributed by atoms with E-state index in [1.807, 2.05) is 12.2 Å². The Morgan fingerprint density at radius 1 is 1.16 bits per heavy atom. The number of anilines is 1. The molecular formula is C20H23BrN2O2. The van der Waals surface area contributed by atoms with Gasteiger partial charge in [-0.1, -0.05) is 24.3 Å². The molecule has 3 N–H and O–H groups in total. The van der Waals surface area contributed by atoms with Gasteiger partial charge in [0.15, 0.2) is 0 Å². The van der Waals surface area contributed by atoms with Crippen molar-refractivity contribution in [1.82, 2.24) is 4.98 Å². The van der Waals surface area contributed by atoms with Crippen molar-refractivity contribution in [2.75, 3.05) is 11.9 Å². The molecule has 2 aromatic rings. The summed E-state index contributed by atoms with van der Waals surface area (Å²) in [6, 6.07) is 8.29. The zero-order chi connectivity index (χ0) is 17.4. The van der Waals surface area contributed by atoms with E-state index in [4.69, 9.17) is 4.98 Å². The van der Waals surface area contributed by atoms with E-state index in [0.29, 0.717) is 6.42 Å². The van der Waals surface area contributed by atoms with Crippen LogP contribution in [0.5, 0.6) is 0 Å². The fraction of sp³-hybridized carbons (Fsp3) is 0.450. The van der Waals surface area contributed by atoms with E-state index in [2.05, 4.69) is 45.5 Å². The molecule has 2 fully saturated rings. The van der Waals surface area contributed by atoms with Crippen LogP contribution in [0.4, 0.5) is 5.82 Å². The third-order valence-electron chi connectivity index (χ3n) is 5.21. The van der Waals surface area contributed by atoms with Gasteiger partial charge in [0.05, 0.1) is 22.2 Å². The van der Waals surface area contributed by atoms with Crippen LogP contribution in [0.25, 0.3) is 17.0 Å². The van der Waals surface area contributed by atoms with Crippen molar-refractivity contribution in [3.05, 3.63) is 40.4 Å². The fourth-order valence-electron chi connectivity index (χ4n) is 3.38. The molecule has 0 amide bonds. The van der Waals surface area contributed by atoms with E-state index in [-0.39, 0.29) is 5.92 Å². The van der Waals surface area contributed by atoms with Gasteiger partial charge in [0.1, 0.15) is 5.82 Å². The van der Waals surface area contributed by atoms with Gasteiger partial charge in [-0.2, -0.15) is 0 Å². The zero-order valence-electron chi connectivity index (χ0n) is 14.0. The summed E-state index contributed by atoms with van der Waals surface area (Å²) in [6.07, 6.45) is 6.91. The van der Waals surface area contributed by atoms with Gasteiger partial charge in [0.2, 0.25) is 0 Å². The van der Waals surface area contributed by atoms with Crippen LogP contribution in [0.2, 0.25) is 0 Å². The second kappa shape index (κ2) is 7.06. The SMILES string of the molecule is OC1CCC(/C=C/c2ccc3cc(Br)c(NCC4CC4)nc3c2)C1O. The molecule has 2 aliphatic rings. The first-order valence-electron chi connectivity index (χ1n) is 8.98. The average Bonchev–Trinajstić information content (AvgIpc) is 3.38. The Kier molecular flexibility index (Phi) is 4.80. The molecular weight excluding hydrogens is 380 g/mol. The van der Waals surface area contributed by atoms with Crippen LogP contribution in [0.3, 0.4) is 0 Å². The topological polar surface area (TPSA) is 65.4 Å². The van der Waals surface area contributed by atoms with E-state index >= 15 is 0 Å². The lowest BCUT2D eigenvalue weighted by Crippen LogP contribution is -2.23. The second-order valence-corrected chi connectivity index (χ2v) is 8.11. The lowest BCUT2D eigenvalue weighted by atomic mass is 10.0. The molecule has 0 radical (unpaired) electrons. The molecule has 1 heterocycles. The Morgan fingerprint density at radius 3 is 2.72 bits per heavy atom. The number of pyridine rings is 1. The summed E-state index contributed by atoms with van der Waals surface area (Å²) < 4.78 is 0.993. The quantitative estimate of drug-likeness (QED) is 0.707. The summed E-state index contributed by atoms with van der Waals surface area (Å²) in [7, 11) is 0. The molecule has 0 saturated heterocycles. The standard InChI is InChI=1S/C20H23BrN2O2/c21-16-10-15-6-4-12(3-5-14-7-8-18(24)19(14)25)9-17(15)23-20(16)22-11-13-1-2-13/h3-6,9-10,13-14,18-19,24-25H,1-2,7-8,11H2,(H,22,23)/b5-3+. The monoisotopic (exact) mass is 402 g/mol. The maximum atomic E-state index is 9.96. The highest BCUT2D eigenvalue weighted by Gasteiger charge is 2.31. The van der Waals surface area contributed by atoms with E-state index in [9.17, 15) is 10.2 Å². The summed E-state index contributed by atoms with van der Waals surface area (Å²) in [5.74, 6) is 1.72. The summed E-state index contributed by atoms with van der Waals surface area (Å²) in [5, 5.41) is 24.1. The van der Waals surface area contributed by atoms with Crippen LogP contribution in [0.15, 0.2) is 34.8 Å². The van der Waals surface area contributed by atoms with Crippen molar-refractivity contribution in [1.29, 1.82) is 0 Å². The van der Waals surface area contributed by atoms with Crippen LogP contribution in [-0.4, -0.2) is 33.9 Å². The Balaban J connectivity index is 1.54. The van der Waals surface area contributed by atoms with Gasteiger partial charge in [0, 0.05) is 17.8 Å². The molecule has 132 valence electrons. The third-order valence-corrected chi connectivity index (χ3v) is 5.82. The molecule has 5 heteroatoms. The molecule has 25 heavy (non-hydrogen) atoms. The van der Waals surface area contributed by atoms with Gasteiger partial charge in [-0.05, 0) is 65.2 Å². The average molecular weight is 403 g/mol. The molecule has 2 saturated carbocycles. The Morgan fingerprint density at radius 2 is 2.00 bits per heavy atom. The Bertz CT molecular complexity index is 804. The molecule has 4 nitrogen and oxygen atoms in total. The number of hydrogen-bond acceptors (Lipinski definition) is 4. The minimum Gasteiger partial charge on any atom is -0.390 e. The second-order valence-electron chi connectivity index (χ2n) is 7.25. The number of aromatic nitrogens is 1. The minimum atomic E-state index is -0.649. The number of nitrogens with one attached hydrogen (secondary N) is 1. The van der Waals surface area contributed by atoms with Crippen molar-refractivity contribution in [2.24, 2.45) is 11.8 Å². The van der Waals surface area contributed by atoms with Gasteiger partial charge >= 0.3 is 0 Å². The van der Waals surface area contributed by atoms with Crippen molar-refractivity contribution < 1.29 is 10.2 Å². The first-order valence-corrected chi connectivity index (χ1v) is 9.78. The van der Waals surface area contributed by atoms with Crippen LogP contribution in [0, 0.1) is 11.8 Å². The number of rotatable bonds is 5. The number of halogens is 1.